The van der Waals surface area contributed by atoms with Crippen molar-refractivity contribution in [1.82, 2.24) is 4.98 Å². The number of rotatable bonds is 5. The van der Waals surface area contributed by atoms with E-state index in [0.717, 1.165) is 0 Å². The Balaban J connectivity index is 1.81. The maximum Gasteiger partial charge on any atom is 0.416 e. The van der Waals surface area contributed by atoms with Gasteiger partial charge in [0, 0.05) is 35.4 Å². The van der Waals surface area contributed by atoms with E-state index >= 15 is 0 Å². The Hall–Kier alpha value is -4.15. The monoisotopic (exact) mass is 493 g/mol. The third-order valence-corrected chi connectivity index (χ3v) is 4.71. The molecule has 3 rings (SSSR count). The van der Waals surface area contributed by atoms with Gasteiger partial charge in [0.15, 0.2) is 0 Å². The van der Waals surface area contributed by atoms with Crippen LogP contribution in [0.25, 0.3) is 6.08 Å². The number of alkyl halides is 6. The van der Waals surface area contributed by atoms with E-state index in [4.69, 9.17) is 0 Å². The number of hydrogen-bond acceptors (Lipinski definition) is 3. The van der Waals surface area contributed by atoms with Crippen molar-refractivity contribution in [3.05, 3.63) is 94.8 Å². The quantitative estimate of drug-likeness (QED) is 0.322. The van der Waals surface area contributed by atoms with Crippen molar-refractivity contribution in [2.45, 2.75) is 19.3 Å². The summed E-state index contributed by atoms with van der Waals surface area (Å²) in [5, 5.41) is 4.86. The van der Waals surface area contributed by atoms with Crippen molar-refractivity contribution in [2.75, 3.05) is 10.6 Å². The first-order valence-corrected chi connectivity index (χ1v) is 9.93. The summed E-state index contributed by atoms with van der Waals surface area (Å²) in [5.74, 6) is -1.69. The minimum absolute atomic E-state index is 0.0538. The molecule has 11 heteroatoms. The van der Waals surface area contributed by atoms with Gasteiger partial charge in [0.2, 0.25) is 5.91 Å². The SMILES string of the molecule is Cc1ccc(NC(=O)c2cc(C(F)(F)F)cc(C(F)(F)F)c2)cc1NC(=O)C=Cc1cccnc1. The summed E-state index contributed by atoms with van der Waals surface area (Å²) in [5.41, 5.74) is -2.41. The molecule has 0 aliphatic heterocycles. The first-order chi connectivity index (χ1) is 16.3. The van der Waals surface area contributed by atoms with Gasteiger partial charge in [0.25, 0.3) is 5.91 Å². The highest BCUT2D eigenvalue weighted by Crippen LogP contribution is 2.36. The Labute approximate surface area is 195 Å². The third kappa shape index (κ3) is 6.92. The van der Waals surface area contributed by atoms with Crippen molar-refractivity contribution in [3.8, 4) is 0 Å². The molecule has 5 nitrogen and oxygen atoms in total. The van der Waals surface area contributed by atoms with Crippen molar-refractivity contribution >= 4 is 29.3 Å². The van der Waals surface area contributed by atoms with E-state index in [1.54, 1.807) is 31.5 Å². The van der Waals surface area contributed by atoms with Crippen LogP contribution in [0, 0.1) is 6.92 Å². The van der Waals surface area contributed by atoms with Crippen LogP contribution in [0.15, 0.2) is 67.0 Å². The van der Waals surface area contributed by atoms with Gasteiger partial charge in [0.1, 0.15) is 0 Å². The lowest BCUT2D eigenvalue weighted by Gasteiger charge is -2.15. The van der Waals surface area contributed by atoms with Gasteiger partial charge in [-0.1, -0.05) is 12.1 Å². The number of halogens is 6. The number of hydrogen-bond donors (Lipinski definition) is 2. The molecule has 0 bridgehead atoms. The molecule has 2 aromatic carbocycles. The van der Waals surface area contributed by atoms with E-state index in [1.165, 1.54) is 30.4 Å². The fourth-order valence-corrected chi connectivity index (χ4v) is 2.94. The molecule has 1 aromatic heterocycles. The largest absolute Gasteiger partial charge is 0.416 e. The van der Waals surface area contributed by atoms with E-state index in [0.29, 0.717) is 23.3 Å². The van der Waals surface area contributed by atoms with Crippen LogP contribution in [0.4, 0.5) is 37.7 Å². The number of aryl methyl sites for hydroxylation is 1. The van der Waals surface area contributed by atoms with Gasteiger partial charge in [-0.05, 0) is 60.5 Å². The lowest BCUT2D eigenvalue weighted by Crippen LogP contribution is -2.17. The van der Waals surface area contributed by atoms with Crippen LogP contribution in [0.1, 0.15) is 32.6 Å². The molecular weight excluding hydrogens is 476 g/mol. The number of benzene rings is 2. The van der Waals surface area contributed by atoms with Crippen LogP contribution in [0.2, 0.25) is 0 Å². The fourth-order valence-electron chi connectivity index (χ4n) is 2.94. The van der Waals surface area contributed by atoms with Gasteiger partial charge in [-0.2, -0.15) is 26.3 Å². The first-order valence-electron chi connectivity index (χ1n) is 9.93. The number of carbonyl (C=O) groups is 2. The van der Waals surface area contributed by atoms with Gasteiger partial charge >= 0.3 is 12.4 Å². The third-order valence-electron chi connectivity index (χ3n) is 4.71. The number of carbonyl (C=O) groups excluding carboxylic acids is 2. The molecule has 35 heavy (non-hydrogen) atoms. The molecule has 0 aliphatic rings. The van der Waals surface area contributed by atoms with Crippen LogP contribution in [0.3, 0.4) is 0 Å². The Bertz CT molecular complexity index is 1240. The van der Waals surface area contributed by atoms with Gasteiger partial charge < -0.3 is 10.6 Å². The normalized spacial score (nSPS) is 12.0. The molecule has 0 saturated heterocycles. The summed E-state index contributed by atoms with van der Waals surface area (Å²) in [4.78, 5) is 28.7. The van der Waals surface area contributed by atoms with E-state index in [2.05, 4.69) is 15.6 Å². The Morgan fingerprint density at radius 3 is 2.11 bits per heavy atom. The summed E-state index contributed by atoms with van der Waals surface area (Å²) in [7, 11) is 0. The number of amides is 2. The molecule has 0 fully saturated rings. The smallest absolute Gasteiger partial charge is 0.322 e. The zero-order valence-electron chi connectivity index (χ0n) is 18.0. The predicted molar refractivity (Wildman–Crippen MR) is 117 cm³/mol. The number of pyridine rings is 1. The Morgan fingerprint density at radius 2 is 1.54 bits per heavy atom. The maximum absolute atomic E-state index is 13.1. The number of anilines is 2. The topological polar surface area (TPSA) is 71.1 Å². The summed E-state index contributed by atoms with van der Waals surface area (Å²) in [6.07, 6.45) is -4.27. The van der Waals surface area contributed by atoms with Crippen LogP contribution < -0.4 is 10.6 Å². The highest BCUT2D eigenvalue weighted by Gasteiger charge is 2.37. The highest BCUT2D eigenvalue weighted by molar-refractivity contribution is 6.06. The maximum atomic E-state index is 13.1. The van der Waals surface area contributed by atoms with E-state index in [9.17, 15) is 35.9 Å². The lowest BCUT2D eigenvalue weighted by molar-refractivity contribution is -0.143. The van der Waals surface area contributed by atoms with Gasteiger partial charge in [-0.15, -0.1) is 0 Å². The predicted octanol–water partition coefficient (Wildman–Crippen LogP) is 6.33. The average Bonchev–Trinajstić information content (AvgIpc) is 2.79. The number of aromatic nitrogens is 1. The second-order valence-electron chi connectivity index (χ2n) is 7.39. The Kier molecular flexibility index (Phi) is 7.28. The number of nitrogens with one attached hydrogen (secondary N) is 2. The van der Waals surface area contributed by atoms with Gasteiger partial charge in [-0.25, -0.2) is 0 Å². The van der Waals surface area contributed by atoms with Gasteiger partial charge in [0.05, 0.1) is 11.1 Å². The molecule has 3 aromatic rings. The zero-order chi connectivity index (χ0) is 25.8. The number of nitrogens with zero attached hydrogens (tertiary/aromatic N) is 1. The summed E-state index contributed by atoms with van der Waals surface area (Å²) in [6, 6.07) is 8.29. The zero-order valence-corrected chi connectivity index (χ0v) is 18.0. The van der Waals surface area contributed by atoms with Crippen LogP contribution in [-0.2, 0) is 17.1 Å². The minimum atomic E-state index is -5.08. The summed E-state index contributed by atoms with van der Waals surface area (Å²) >= 11 is 0. The molecule has 1 heterocycles. The molecule has 0 spiro atoms. The summed E-state index contributed by atoms with van der Waals surface area (Å²) in [6.45, 7) is 1.66. The van der Waals surface area contributed by atoms with Crippen LogP contribution in [0.5, 0.6) is 0 Å². The first kappa shape index (κ1) is 25.5. The molecule has 0 radical (unpaired) electrons. The highest BCUT2D eigenvalue weighted by atomic mass is 19.4. The summed E-state index contributed by atoms with van der Waals surface area (Å²) < 4.78 is 78.4. The van der Waals surface area contributed by atoms with Crippen molar-refractivity contribution in [1.29, 1.82) is 0 Å². The minimum Gasteiger partial charge on any atom is -0.322 e. The van der Waals surface area contributed by atoms with Crippen molar-refractivity contribution in [3.63, 3.8) is 0 Å². The second kappa shape index (κ2) is 10.00. The second-order valence-corrected chi connectivity index (χ2v) is 7.39. The van der Waals surface area contributed by atoms with Crippen molar-refractivity contribution in [2.24, 2.45) is 0 Å². The molecule has 0 unspecified atom stereocenters. The van der Waals surface area contributed by atoms with E-state index < -0.39 is 40.9 Å². The van der Waals surface area contributed by atoms with Crippen LogP contribution >= 0.6 is 0 Å². The molecule has 0 atom stereocenters. The fraction of sp³-hybridized carbons (Fsp3) is 0.125. The van der Waals surface area contributed by atoms with Gasteiger partial charge in [-0.3, -0.25) is 14.6 Å². The van der Waals surface area contributed by atoms with E-state index in [-0.39, 0.29) is 17.4 Å². The van der Waals surface area contributed by atoms with Crippen molar-refractivity contribution < 1.29 is 35.9 Å². The van der Waals surface area contributed by atoms with E-state index in [1.807, 2.05) is 0 Å². The molecule has 2 amide bonds. The molecule has 2 N–H and O–H groups in total. The molecule has 182 valence electrons. The van der Waals surface area contributed by atoms with Crippen LogP contribution in [-0.4, -0.2) is 16.8 Å². The molecule has 0 saturated carbocycles. The average molecular weight is 493 g/mol. The molecule has 0 aliphatic carbocycles. The lowest BCUT2D eigenvalue weighted by atomic mass is 10.0. The Morgan fingerprint density at radius 1 is 0.886 bits per heavy atom. The standard InChI is InChI=1S/C24H17F6N3O2/c1-14-4-6-19(12-20(14)33-21(34)7-5-15-3-2-8-31-13-15)32-22(35)16-9-17(23(25,26)27)11-18(10-16)24(28,29)30/h2-13H,1H3,(H,32,35)(H,33,34). The molecular formula is C24H17F6N3O2.